The lowest BCUT2D eigenvalue weighted by molar-refractivity contribution is -0.277. The molecule has 0 aliphatic rings. The number of ether oxygens (including phenoxy) is 2. The van der Waals surface area contributed by atoms with Crippen LogP contribution >= 0.6 is 0 Å². The monoisotopic (exact) mass is 1020 g/mol. The van der Waals surface area contributed by atoms with Crippen molar-refractivity contribution in [3.05, 3.63) is 179 Å². The molecule has 0 saturated heterocycles. The van der Waals surface area contributed by atoms with Gasteiger partial charge in [0.05, 0.1) is 0 Å². The van der Waals surface area contributed by atoms with Crippen molar-refractivity contribution in [3.8, 4) is 56.0 Å². The highest BCUT2D eigenvalue weighted by Crippen LogP contribution is 2.38. The van der Waals surface area contributed by atoms with Crippen LogP contribution in [-0.2, 0) is 12.8 Å². The van der Waals surface area contributed by atoms with Gasteiger partial charge in [0.15, 0.2) is 23.3 Å². The molecule has 0 radical (unpaired) electrons. The molecule has 0 N–H and O–H groups in total. The van der Waals surface area contributed by atoms with E-state index in [1.165, 1.54) is 80.3 Å². The first-order chi connectivity index (χ1) is 34.8. The average molecular weight is 1020 g/mol. The molecule has 2 nitrogen and oxygen atoms in total. The highest BCUT2D eigenvalue weighted by Gasteiger charge is 2.35. The maximum Gasteiger partial charge on any atom is 0.573 e. The summed E-state index contributed by atoms with van der Waals surface area (Å²) in [6.07, 6.45) is 2.42. The van der Waals surface area contributed by atoms with Crippen LogP contribution in [0.2, 0.25) is 0 Å². The average Bonchev–Trinajstić information content (AvgIpc) is 3.34. The molecule has 0 spiro atoms. The van der Waals surface area contributed by atoms with E-state index in [-0.39, 0.29) is 22.3 Å². The van der Waals surface area contributed by atoms with Crippen molar-refractivity contribution in [1.82, 2.24) is 0 Å². The van der Waals surface area contributed by atoms with Crippen LogP contribution in [0.25, 0.3) is 66.1 Å². The van der Waals surface area contributed by atoms with E-state index in [0.717, 1.165) is 58.4 Å². The number of fused-ring (bicyclic) bond motifs is 2. The minimum absolute atomic E-state index is 0.149. The minimum Gasteiger partial charge on any atom is -0.399 e. The van der Waals surface area contributed by atoms with E-state index < -0.39 is 59.1 Å². The number of rotatable bonds is 17. The van der Waals surface area contributed by atoms with Gasteiger partial charge in [-0.25, -0.2) is 26.3 Å². The van der Waals surface area contributed by atoms with Gasteiger partial charge in [0.25, 0.3) is 0 Å². The molecule has 0 aromatic heterocycles. The molecule has 0 saturated carbocycles. The first kappa shape index (κ1) is 53.8. The molecule has 8 rings (SSSR count). The molecule has 0 atom stereocenters. The van der Waals surface area contributed by atoms with Crippen molar-refractivity contribution in [2.45, 2.75) is 97.2 Å². The Morgan fingerprint density at radius 2 is 0.616 bits per heavy atom. The van der Waals surface area contributed by atoms with Gasteiger partial charge in [0, 0.05) is 11.1 Å². The number of alkyl halides is 6. The Bertz CT molecular complexity index is 3150. The van der Waals surface area contributed by atoms with Gasteiger partial charge in [0.1, 0.15) is 11.6 Å². The molecule has 8 aromatic carbocycles. The number of halogens is 12. The standard InChI is InChI=1S/C30H26F6O.C29H24F6O/c1-2-3-4-5-6-7-19-8-9-21-15-22(11-10-20(21)14-19)23-12-13-25(26(31)16-23)24-17-27(32)29(28(33)18-24)37-30(34,35)36;1-2-3-4-5-6-18-7-8-20-14-21(10-9-19(20)13-18)22-11-12-24(25(30)15-22)23-16-26(31)28(27(32)17-23)36-29(33,34)35/h8-18H,2-7H2,1H3;7-17H,2-6H2,1H3. The van der Waals surface area contributed by atoms with Crippen LogP contribution in [0.3, 0.4) is 0 Å². The third-order valence-electron chi connectivity index (χ3n) is 12.4. The Kier molecular flexibility index (Phi) is 17.5. The van der Waals surface area contributed by atoms with Crippen molar-refractivity contribution in [2.75, 3.05) is 0 Å². The summed E-state index contributed by atoms with van der Waals surface area (Å²) in [5.41, 5.74) is 4.40. The summed E-state index contributed by atoms with van der Waals surface area (Å²) in [5, 5.41) is 4.16. The predicted molar refractivity (Wildman–Crippen MR) is 263 cm³/mol. The van der Waals surface area contributed by atoms with Gasteiger partial charge in [-0.3, -0.25) is 0 Å². The maximum absolute atomic E-state index is 15.0. The molecule has 8 aromatic rings. The highest BCUT2D eigenvalue weighted by molar-refractivity contribution is 5.89. The number of hydrogen-bond donors (Lipinski definition) is 0. The number of hydrogen-bond acceptors (Lipinski definition) is 2. The minimum atomic E-state index is -5.26. The fourth-order valence-electron chi connectivity index (χ4n) is 8.66. The molecule has 0 bridgehead atoms. The van der Waals surface area contributed by atoms with Crippen LogP contribution in [0, 0.1) is 34.9 Å². The van der Waals surface area contributed by atoms with Crippen LogP contribution in [0.1, 0.15) is 82.8 Å². The molecular formula is C59H50F12O2. The lowest BCUT2D eigenvalue weighted by Crippen LogP contribution is -2.19. The second kappa shape index (κ2) is 23.7. The topological polar surface area (TPSA) is 18.5 Å². The number of aryl methyl sites for hydroxylation is 2. The van der Waals surface area contributed by atoms with Crippen molar-refractivity contribution in [2.24, 2.45) is 0 Å². The first-order valence-corrected chi connectivity index (χ1v) is 23.9. The second-order valence-electron chi connectivity index (χ2n) is 17.8. The van der Waals surface area contributed by atoms with E-state index in [4.69, 9.17) is 0 Å². The third-order valence-corrected chi connectivity index (χ3v) is 12.4. The van der Waals surface area contributed by atoms with Crippen molar-refractivity contribution < 1.29 is 62.2 Å². The summed E-state index contributed by atoms with van der Waals surface area (Å²) in [6.45, 7) is 4.38. The molecule has 0 amide bonds. The zero-order chi connectivity index (χ0) is 52.5. The van der Waals surface area contributed by atoms with E-state index in [1.54, 1.807) is 12.1 Å². The van der Waals surface area contributed by atoms with Crippen LogP contribution in [0.5, 0.6) is 11.5 Å². The summed E-state index contributed by atoms with van der Waals surface area (Å²) < 4.78 is 167. The predicted octanol–water partition coefficient (Wildman–Crippen LogP) is 19.6. The SMILES string of the molecule is CCCCCCCc1ccc2cc(-c3ccc(-c4cc(F)c(OC(F)(F)F)c(F)c4)c(F)c3)ccc2c1.CCCCCCc1ccc2cc(-c3ccc(-c4cc(F)c(OC(F)(F)F)c(F)c4)c(F)c3)ccc2c1. The second-order valence-corrected chi connectivity index (χ2v) is 17.8. The van der Waals surface area contributed by atoms with E-state index in [9.17, 15) is 52.7 Å². The van der Waals surface area contributed by atoms with Crippen molar-refractivity contribution in [1.29, 1.82) is 0 Å². The van der Waals surface area contributed by atoms with Gasteiger partial charge in [0.2, 0.25) is 11.5 Å². The zero-order valence-corrected chi connectivity index (χ0v) is 39.8. The van der Waals surface area contributed by atoms with Gasteiger partial charge in [-0.15, -0.1) is 26.3 Å². The number of unbranched alkanes of at least 4 members (excludes halogenated alkanes) is 7. The van der Waals surface area contributed by atoms with Crippen LogP contribution < -0.4 is 9.47 Å². The molecule has 0 unspecified atom stereocenters. The molecule has 0 fully saturated rings. The normalized spacial score (nSPS) is 11.8. The molecule has 0 aliphatic carbocycles. The molecule has 0 aliphatic heterocycles. The summed E-state index contributed by atoms with van der Waals surface area (Å²) in [6, 6.07) is 35.0. The molecule has 0 heterocycles. The summed E-state index contributed by atoms with van der Waals surface area (Å²) in [7, 11) is 0. The van der Waals surface area contributed by atoms with Crippen LogP contribution in [-0.4, -0.2) is 12.7 Å². The Labute approximate surface area is 415 Å². The van der Waals surface area contributed by atoms with Crippen molar-refractivity contribution in [3.63, 3.8) is 0 Å². The van der Waals surface area contributed by atoms with Gasteiger partial charge >= 0.3 is 12.7 Å². The van der Waals surface area contributed by atoms with Crippen molar-refractivity contribution >= 4 is 21.5 Å². The zero-order valence-electron chi connectivity index (χ0n) is 39.8. The Balaban J connectivity index is 0.000000214. The smallest absolute Gasteiger partial charge is 0.399 e. The summed E-state index contributed by atoms with van der Waals surface area (Å²) in [4.78, 5) is 0. The van der Waals surface area contributed by atoms with E-state index in [1.807, 2.05) is 48.5 Å². The van der Waals surface area contributed by atoms with E-state index >= 15 is 0 Å². The fraction of sp³-hybridized carbons (Fsp3) is 0.254. The molecule has 73 heavy (non-hydrogen) atoms. The van der Waals surface area contributed by atoms with Crippen LogP contribution in [0.4, 0.5) is 52.7 Å². The van der Waals surface area contributed by atoms with E-state index in [0.29, 0.717) is 35.4 Å². The first-order valence-electron chi connectivity index (χ1n) is 23.9. The van der Waals surface area contributed by atoms with E-state index in [2.05, 4.69) is 47.6 Å². The van der Waals surface area contributed by atoms with Gasteiger partial charge in [-0.05, 0) is 140 Å². The lowest BCUT2D eigenvalue weighted by atomic mass is 9.96. The van der Waals surface area contributed by atoms with Crippen LogP contribution in [0.15, 0.2) is 133 Å². The lowest BCUT2D eigenvalue weighted by Gasteiger charge is -2.13. The third kappa shape index (κ3) is 14.4. The number of benzene rings is 8. The Hall–Kier alpha value is -6.96. The molecule has 382 valence electrons. The summed E-state index contributed by atoms with van der Waals surface area (Å²) in [5.74, 6) is -11.0. The Morgan fingerprint density at radius 1 is 0.315 bits per heavy atom. The van der Waals surface area contributed by atoms with Gasteiger partial charge in [-0.2, -0.15) is 0 Å². The maximum atomic E-state index is 15.0. The summed E-state index contributed by atoms with van der Waals surface area (Å²) >= 11 is 0. The van der Waals surface area contributed by atoms with Gasteiger partial charge < -0.3 is 9.47 Å². The van der Waals surface area contributed by atoms with Gasteiger partial charge in [-0.1, -0.05) is 144 Å². The molecule has 14 heteroatoms. The quantitative estimate of drug-likeness (QED) is 0.0668. The largest absolute Gasteiger partial charge is 0.573 e. The fourth-order valence-corrected chi connectivity index (χ4v) is 8.66. The molecular weight excluding hydrogens is 969 g/mol. The Morgan fingerprint density at radius 3 is 0.973 bits per heavy atom. The highest BCUT2D eigenvalue weighted by atomic mass is 19.4.